The Kier molecular flexibility index (Phi) is 8.57. The molecule has 1 aromatic rings. The third-order valence-corrected chi connectivity index (χ3v) is 6.06. The average Bonchev–Trinajstić information content (AvgIpc) is 3.30. The van der Waals surface area contributed by atoms with Crippen LogP contribution in [0.4, 0.5) is 0 Å². The molecule has 2 heterocycles. The zero-order chi connectivity index (χ0) is 24.2. The zero-order valence-electron chi connectivity index (χ0n) is 19.3. The fourth-order valence-electron chi connectivity index (χ4n) is 2.40. The van der Waals surface area contributed by atoms with Crippen LogP contribution in [0.2, 0.25) is 0 Å². The molecule has 0 spiro atoms. The Hall–Kier alpha value is -1.85. The van der Waals surface area contributed by atoms with Gasteiger partial charge in [-0.25, -0.2) is 4.68 Å². The van der Waals surface area contributed by atoms with E-state index in [1.54, 1.807) is 41.5 Å². The van der Waals surface area contributed by atoms with E-state index in [0.29, 0.717) is 13.0 Å². The Morgan fingerprint density at radius 3 is 2.09 bits per heavy atom. The lowest BCUT2D eigenvalue weighted by Crippen LogP contribution is -2.27. The van der Waals surface area contributed by atoms with Gasteiger partial charge in [-0.2, -0.15) is 0 Å². The summed E-state index contributed by atoms with van der Waals surface area (Å²) in [6, 6.07) is 0. The van der Waals surface area contributed by atoms with Gasteiger partial charge in [-0.1, -0.05) is 5.21 Å². The molecule has 0 radical (unpaired) electrons. The normalized spacial score (nSPS) is 19.7. The van der Waals surface area contributed by atoms with E-state index in [-0.39, 0.29) is 12.0 Å². The molecule has 1 N–H and O–H groups in total. The maximum Gasteiger partial charge on any atom is 0.388 e. The number of esters is 2. The largest absolute Gasteiger partial charge is 0.438 e. The number of ether oxygens (including phenoxy) is 3. The monoisotopic (exact) mass is 477 g/mol. The molecule has 1 unspecified atom stereocenters. The molecule has 1 aliphatic rings. The summed E-state index contributed by atoms with van der Waals surface area (Å²) in [7, 11) is -4.18. The highest BCUT2D eigenvalue weighted by Gasteiger charge is 2.35. The highest BCUT2D eigenvalue weighted by atomic mass is 31.2. The van der Waals surface area contributed by atoms with Crippen molar-refractivity contribution in [1.29, 1.82) is 0 Å². The Bertz CT molecular complexity index is 808. The molecular formula is C19H32N3O9P. The second kappa shape index (κ2) is 10.4. The van der Waals surface area contributed by atoms with Crippen LogP contribution in [0.15, 0.2) is 6.20 Å². The lowest BCUT2D eigenvalue weighted by Gasteiger charge is -2.20. The number of aromatic nitrogens is 3. The van der Waals surface area contributed by atoms with Crippen molar-refractivity contribution in [2.24, 2.45) is 10.8 Å². The minimum absolute atomic E-state index is 0.173. The fourth-order valence-corrected chi connectivity index (χ4v) is 3.55. The topological polar surface area (TPSA) is 148 Å². The first-order valence-electron chi connectivity index (χ1n) is 10.2. The van der Waals surface area contributed by atoms with Crippen molar-refractivity contribution in [3.05, 3.63) is 6.20 Å². The first kappa shape index (κ1) is 26.4. The molecule has 0 aliphatic carbocycles. The summed E-state index contributed by atoms with van der Waals surface area (Å²) in [6.07, 6.45) is 0.698. The Labute approximate surface area is 187 Å². The molecule has 0 aromatic carbocycles. The number of rotatable bonds is 9. The third kappa shape index (κ3) is 7.35. The molecule has 0 saturated carbocycles. The molecule has 13 heteroatoms. The van der Waals surface area contributed by atoms with Crippen molar-refractivity contribution in [3.8, 4) is 0 Å². The average molecular weight is 477 g/mol. The van der Waals surface area contributed by atoms with Crippen LogP contribution >= 0.6 is 7.60 Å². The molecule has 1 aromatic heterocycles. The predicted molar refractivity (Wildman–Crippen MR) is 111 cm³/mol. The number of aliphatic hydroxyl groups is 1. The number of carbonyl (C=O) groups excluding carboxylic acids is 2. The van der Waals surface area contributed by atoms with Crippen molar-refractivity contribution in [2.75, 3.05) is 20.2 Å². The van der Waals surface area contributed by atoms with Crippen LogP contribution in [0.1, 0.15) is 48.0 Å². The standard InChI is InChI=1S/C19H32N3O9P/c1-18(2,3)16(24)28-11-30-32(26,31-12-29-17(25)19(4,5)6)15-10-22(21-20-15)9-14-13(23)7-8-27-14/h10,13-14,23H,7-9,11-12H2,1-6H3/t13?,14-/m1/s1. The summed E-state index contributed by atoms with van der Waals surface area (Å²) in [4.78, 5) is 23.9. The second-order valence-corrected chi connectivity index (χ2v) is 11.4. The van der Waals surface area contributed by atoms with Gasteiger partial charge in [-0.05, 0) is 48.0 Å². The van der Waals surface area contributed by atoms with E-state index in [9.17, 15) is 19.3 Å². The Balaban J connectivity index is 2.09. The molecule has 1 saturated heterocycles. The van der Waals surface area contributed by atoms with Crippen molar-refractivity contribution < 1.29 is 42.5 Å². The van der Waals surface area contributed by atoms with Crippen molar-refractivity contribution in [1.82, 2.24) is 15.0 Å². The quantitative estimate of drug-likeness (QED) is 0.312. The molecule has 0 amide bonds. The van der Waals surface area contributed by atoms with Gasteiger partial charge in [0.15, 0.2) is 5.44 Å². The van der Waals surface area contributed by atoms with Crippen molar-refractivity contribution >= 4 is 25.0 Å². The van der Waals surface area contributed by atoms with Gasteiger partial charge < -0.3 is 19.3 Å². The summed E-state index contributed by atoms with van der Waals surface area (Å²) in [5.41, 5.74) is -1.76. The van der Waals surface area contributed by atoms with Crippen LogP contribution in [0, 0.1) is 10.8 Å². The Morgan fingerprint density at radius 1 is 1.12 bits per heavy atom. The highest BCUT2D eigenvalue weighted by Crippen LogP contribution is 2.46. The summed E-state index contributed by atoms with van der Waals surface area (Å²) in [6.45, 7) is 9.19. The van der Waals surface area contributed by atoms with Crippen LogP contribution < -0.4 is 5.44 Å². The molecule has 182 valence electrons. The predicted octanol–water partition coefficient (Wildman–Crippen LogP) is 1.37. The fraction of sp³-hybridized carbons (Fsp3) is 0.789. The molecular weight excluding hydrogens is 445 g/mol. The maximum absolute atomic E-state index is 13.4. The van der Waals surface area contributed by atoms with Gasteiger partial charge in [0.25, 0.3) is 0 Å². The van der Waals surface area contributed by atoms with Crippen LogP contribution in [-0.2, 0) is 44.0 Å². The van der Waals surface area contributed by atoms with E-state index in [2.05, 4.69) is 10.3 Å². The van der Waals surface area contributed by atoms with Crippen molar-refractivity contribution in [3.63, 3.8) is 0 Å². The lowest BCUT2D eigenvalue weighted by molar-refractivity contribution is -0.161. The van der Waals surface area contributed by atoms with Crippen LogP contribution in [0.5, 0.6) is 0 Å². The molecule has 1 fully saturated rings. The van der Waals surface area contributed by atoms with E-state index in [1.807, 2.05) is 0 Å². The summed E-state index contributed by atoms with van der Waals surface area (Å²) < 4.78 is 40.6. The zero-order valence-corrected chi connectivity index (χ0v) is 20.2. The summed E-state index contributed by atoms with van der Waals surface area (Å²) in [5, 5.41) is 17.6. The molecule has 12 nitrogen and oxygen atoms in total. The van der Waals surface area contributed by atoms with Gasteiger partial charge in [-0.3, -0.25) is 23.2 Å². The number of hydrogen-bond donors (Lipinski definition) is 1. The third-order valence-electron chi connectivity index (χ3n) is 4.40. The van der Waals surface area contributed by atoms with Gasteiger partial charge in [0.05, 0.1) is 29.7 Å². The van der Waals surface area contributed by atoms with Gasteiger partial charge in [0, 0.05) is 6.61 Å². The SMILES string of the molecule is CC(C)(C)C(=O)OCOP(=O)(OCOC(=O)C(C)(C)C)c1cn(C[C@H]2OCCC2O)nn1. The lowest BCUT2D eigenvalue weighted by atomic mass is 9.98. The van der Waals surface area contributed by atoms with E-state index in [4.69, 9.17) is 23.3 Å². The van der Waals surface area contributed by atoms with Gasteiger partial charge in [-0.15, -0.1) is 5.10 Å². The summed E-state index contributed by atoms with van der Waals surface area (Å²) >= 11 is 0. The molecule has 2 atom stereocenters. The van der Waals surface area contributed by atoms with E-state index in [0.717, 1.165) is 0 Å². The van der Waals surface area contributed by atoms with Gasteiger partial charge >= 0.3 is 19.5 Å². The molecule has 32 heavy (non-hydrogen) atoms. The minimum Gasteiger partial charge on any atom is -0.438 e. The smallest absolute Gasteiger partial charge is 0.388 e. The number of carbonyl (C=O) groups is 2. The van der Waals surface area contributed by atoms with Gasteiger partial charge in [0.2, 0.25) is 13.6 Å². The highest BCUT2D eigenvalue weighted by molar-refractivity contribution is 7.61. The molecule has 2 rings (SSSR count). The van der Waals surface area contributed by atoms with E-state index in [1.165, 1.54) is 10.9 Å². The van der Waals surface area contributed by atoms with Crippen LogP contribution in [0.25, 0.3) is 0 Å². The van der Waals surface area contributed by atoms with E-state index < -0.39 is 56.2 Å². The maximum atomic E-state index is 13.4. The molecule has 1 aliphatic heterocycles. The first-order valence-corrected chi connectivity index (χ1v) is 11.7. The minimum atomic E-state index is -4.18. The van der Waals surface area contributed by atoms with Crippen molar-refractivity contribution in [2.45, 2.75) is 66.7 Å². The number of nitrogens with zero attached hydrogens (tertiary/aromatic N) is 3. The van der Waals surface area contributed by atoms with Gasteiger partial charge in [0.1, 0.15) is 6.10 Å². The Morgan fingerprint density at radius 2 is 1.66 bits per heavy atom. The number of hydrogen-bond acceptors (Lipinski definition) is 11. The first-order chi connectivity index (χ1) is 14.7. The summed E-state index contributed by atoms with van der Waals surface area (Å²) in [5.74, 6) is -1.14. The molecule has 0 bridgehead atoms. The van der Waals surface area contributed by atoms with Crippen LogP contribution in [0.3, 0.4) is 0 Å². The second-order valence-electron chi connectivity index (χ2n) is 9.42. The van der Waals surface area contributed by atoms with E-state index >= 15 is 0 Å². The number of aliphatic hydroxyl groups excluding tert-OH is 1. The van der Waals surface area contributed by atoms with Crippen LogP contribution in [-0.4, -0.2) is 64.4 Å².